The lowest BCUT2D eigenvalue weighted by Crippen LogP contribution is -2.55. The Morgan fingerprint density at radius 1 is 1.48 bits per heavy atom. The lowest BCUT2D eigenvalue weighted by molar-refractivity contribution is -0.143. The van der Waals surface area contributed by atoms with Crippen molar-refractivity contribution >= 4 is 11.9 Å². The van der Waals surface area contributed by atoms with Crippen LogP contribution in [0.3, 0.4) is 0 Å². The maximum Gasteiger partial charge on any atom is 0.305 e. The average molecular weight is 292 g/mol. The largest absolute Gasteiger partial charge is 0.494 e. The van der Waals surface area contributed by atoms with Crippen molar-refractivity contribution in [3.8, 4) is 5.75 Å². The second kappa shape index (κ2) is 7.08. The summed E-state index contributed by atoms with van der Waals surface area (Å²) < 4.78 is 5.58. The SMILES string of the molecule is CCOc1ccccc1CN1CCNC(=O)[C@@H]1CC(=O)O. The monoisotopic (exact) mass is 292 g/mol. The third-order valence-corrected chi connectivity index (χ3v) is 3.46. The quantitative estimate of drug-likeness (QED) is 0.813. The summed E-state index contributed by atoms with van der Waals surface area (Å²) in [5, 5.41) is 11.7. The first kappa shape index (κ1) is 15.3. The van der Waals surface area contributed by atoms with Crippen LogP contribution in [-0.2, 0) is 16.1 Å². The molecule has 0 aliphatic carbocycles. The van der Waals surface area contributed by atoms with Gasteiger partial charge in [-0.15, -0.1) is 0 Å². The summed E-state index contributed by atoms with van der Waals surface area (Å²) in [6, 6.07) is 7.00. The van der Waals surface area contributed by atoms with Crippen molar-refractivity contribution in [1.29, 1.82) is 0 Å². The Morgan fingerprint density at radius 2 is 2.24 bits per heavy atom. The molecule has 1 aromatic carbocycles. The van der Waals surface area contributed by atoms with Gasteiger partial charge in [0, 0.05) is 25.2 Å². The predicted octanol–water partition coefficient (Wildman–Crippen LogP) is 0.860. The van der Waals surface area contributed by atoms with Gasteiger partial charge in [-0.2, -0.15) is 0 Å². The van der Waals surface area contributed by atoms with Crippen LogP contribution in [0.4, 0.5) is 0 Å². The Hall–Kier alpha value is -2.08. The minimum Gasteiger partial charge on any atom is -0.494 e. The van der Waals surface area contributed by atoms with Gasteiger partial charge in [0.2, 0.25) is 5.91 Å². The number of para-hydroxylation sites is 1. The van der Waals surface area contributed by atoms with Crippen molar-refractivity contribution in [3.05, 3.63) is 29.8 Å². The number of piperazine rings is 1. The van der Waals surface area contributed by atoms with Crippen molar-refractivity contribution in [1.82, 2.24) is 10.2 Å². The summed E-state index contributed by atoms with van der Waals surface area (Å²) in [7, 11) is 0. The number of hydrogen-bond acceptors (Lipinski definition) is 4. The molecule has 1 amide bonds. The molecule has 0 aromatic heterocycles. The number of carbonyl (C=O) groups excluding carboxylic acids is 1. The molecular weight excluding hydrogens is 272 g/mol. The van der Waals surface area contributed by atoms with Crippen molar-refractivity contribution in [2.75, 3.05) is 19.7 Å². The molecule has 6 heteroatoms. The van der Waals surface area contributed by atoms with E-state index in [2.05, 4.69) is 5.32 Å². The van der Waals surface area contributed by atoms with Crippen molar-refractivity contribution in [2.45, 2.75) is 25.9 Å². The molecule has 2 N–H and O–H groups in total. The normalized spacial score (nSPS) is 19.1. The van der Waals surface area contributed by atoms with Crippen LogP contribution >= 0.6 is 0 Å². The number of nitrogens with one attached hydrogen (secondary N) is 1. The van der Waals surface area contributed by atoms with Gasteiger partial charge in [-0.05, 0) is 13.0 Å². The van der Waals surface area contributed by atoms with Crippen LogP contribution in [0, 0.1) is 0 Å². The number of nitrogens with zero attached hydrogens (tertiary/aromatic N) is 1. The number of benzene rings is 1. The van der Waals surface area contributed by atoms with E-state index in [9.17, 15) is 9.59 Å². The Kier molecular flexibility index (Phi) is 5.16. The first-order chi connectivity index (χ1) is 10.1. The van der Waals surface area contributed by atoms with Gasteiger partial charge < -0.3 is 15.2 Å². The molecule has 0 unspecified atom stereocenters. The molecular formula is C15H20N2O4. The number of hydrogen-bond donors (Lipinski definition) is 2. The molecule has 1 atom stereocenters. The van der Waals surface area contributed by atoms with Gasteiger partial charge in [0.15, 0.2) is 0 Å². The van der Waals surface area contributed by atoms with Crippen molar-refractivity contribution < 1.29 is 19.4 Å². The molecule has 1 saturated heterocycles. The molecule has 0 spiro atoms. The highest BCUT2D eigenvalue weighted by Gasteiger charge is 2.31. The fourth-order valence-corrected chi connectivity index (χ4v) is 2.49. The van der Waals surface area contributed by atoms with Gasteiger partial charge in [0.25, 0.3) is 0 Å². The highest BCUT2D eigenvalue weighted by atomic mass is 16.5. The van der Waals surface area contributed by atoms with E-state index >= 15 is 0 Å². The number of rotatable bonds is 6. The summed E-state index contributed by atoms with van der Waals surface area (Å²) in [6.45, 7) is 4.14. The summed E-state index contributed by atoms with van der Waals surface area (Å²) in [5.41, 5.74) is 0.962. The van der Waals surface area contributed by atoms with E-state index in [1.807, 2.05) is 36.1 Å². The summed E-state index contributed by atoms with van der Waals surface area (Å²) >= 11 is 0. The Labute approximate surface area is 123 Å². The highest BCUT2D eigenvalue weighted by Crippen LogP contribution is 2.22. The molecule has 0 bridgehead atoms. The highest BCUT2D eigenvalue weighted by molar-refractivity contribution is 5.86. The standard InChI is InChI=1S/C15H20N2O4/c1-2-21-13-6-4-3-5-11(13)10-17-8-7-16-15(20)12(17)9-14(18)19/h3-6,12H,2,7-10H2,1H3,(H,16,20)(H,18,19)/t12-/m0/s1. The van der Waals surface area contributed by atoms with E-state index < -0.39 is 12.0 Å². The summed E-state index contributed by atoms with van der Waals surface area (Å²) in [4.78, 5) is 24.7. The lowest BCUT2D eigenvalue weighted by Gasteiger charge is -2.34. The minimum atomic E-state index is -0.972. The zero-order chi connectivity index (χ0) is 15.2. The molecule has 1 aromatic rings. The topological polar surface area (TPSA) is 78.9 Å². The summed E-state index contributed by atoms with van der Waals surface area (Å²) in [5.74, 6) is -0.419. The smallest absolute Gasteiger partial charge is 0.305 e. The Balaban J connectivity index is 2.15. The zero-order valence-corrected chi connectivity index (χ0v) is 12.0. The maximum absolute atomic E-state index is 11.9. The van der Waals surface area contributed by atoms with Gasteiger partial charge in [-0.25, -0.2) is 0 Å². The molecule has 1 aliphatic heterocycles. The molecule has 1 fully saturated rings. The van der Waals surface area contributed by atoms with Crippen LogP contribution in [0.1, 0.15) is 18.9 Å². The number of carboxylic acid groups (broad SMARTS) is 1. The molecule has 114 valence electrons. The predicted molar refractivity (Wildman–Crippen MR) is 77.1 cm³/mol. The number of aliphatic carboxylic acids is 1. The van der Waals surface area contributed by atoms with E-state index in [-0.39, 0.29) is 12.3 Å². The molecule has 6 nitrogen and oxygen atoms in total. The van der Waals surface area contributed by atoms with Crippen LogP contribution in [0.25, 0.3) is 0 Å². The first-order valence-corrected chi connectivity index (χ1v) is 7.06. The number of amides is 1. The number of ether oxygens (including phenoxy) is 1. The zero-order valence-electron chi connectivity index (χ0n) is 12.0. The molecule has 1 heterocycles. The van der Waals surface area contributed by atoms with E-state index in [0.717, 1.165) is 11.3 Å². The Morgan fingerprint density at radius 3 is 2.95 bits per heavy atom. The van der Waals surface area contributed by atoms with E-state index in [0.29, 0.717) is 26.2 Å². The second-order valence-corrected chi connectivity index (χ2v) is 4.92. The first-order valence-electron chi connectivity index (χ1n) is 7.06. The van der Waals surface area contributed by atoms with Gasteiger partial charge in [0.1, 0.15) is 11.8 Å². The van der Waals surface area contributed by atoms with Crippen LogP contribution < -0.4 is 10.1 Å². The molecule has 0 saturated carbocycles. The van der Waals surface area contributed by atoms with Crippen LogP contribution in [-0.4, -0.2) is 47.6 Å². The average Bonchev–Trinajstić information content (AvgIpc) is 2.45. The third kappa shape index (κ3) is 3.95. The number of carbonyl (C=O) groups is 2. The van der Waals surface area contributed by atoms with E-state index in [1.165, 1.54) is 0 Å². The fraction of sp³-hybridized carbons (Fsp3) is 0.467. The molecule has 2 rings (SSSR count). The molecule has 21 heavy (non-hydrogen) atoms. The van der Waals surface area contributed by atoms with E-state index in [4.69, 9.17) is 9.84 Å². The van der Waals surface area contributed by atoms with Crippen LogP contribution in [0.2, 0.25) is 0 Å². The third-order valence-electron chi connectivity index (χ3n) is 3.46. The van der Waals surface area contributed by atoms with Gasteiger partial charge >= 0.3 is 5.97 Å². The van der Waals surface area contributed by atoms with Crippen molar-refractivity contribution in [3.63, 3.8) is 0 Å². The van der Waals surface area contributed by atoms with Crippen LogP contribution in [0.5, 0.6) is 5.75 Å². The van der Waals surface area contributed by atoms with Crippen LogP contribution in [0.15, 0.2) is 24.3 Å². The minimum absolute atomic E-state index is 0.192. The Bertz CT molecular complexity index is 518. The fourth-order valence-electron chi connectivity index (χ4n) is 2.49. The molecule has 0 radical (unpaired) electrons. The number of carboxylic acids is 1. The second-order valence-electron chi connectivity index (χ2n) is 4.92. The van der Waals surface area contributed by atoms with Gasteiger partial charge in [-0.3, -0.25) is 14.5 Å². The van der Waals surface area contributed by atoms with Gasteiger partial charge in [-0.1, -0.05) is 18.2 Å². The molecule has 1 aliphatic rings. The van der Waals surface area contributed by atoms with Gasteiger partial charge in [0.05, 0.1) is 13.0 Å². The maximum atomic E-state index is 11.9. The lowest BCUT2D eigenvalue weighted by atomic mass is 10.1. The van der Waals surface area contributed by atoms with Crippen molar-refractivity contribution in [2.24, 2.45) is 0 Å². The van der Waals surface area contributed by atoms with E-state index in [1.54, 1.807) is 0 Å². The summed E-state index contributed by atoms with van der Waals surface area (Å²) in [6.07, 6.45) is -0.192.